The van der Waals surface area contributed by atoms with Gasteiger partial charge >= 0.3 is 0 Å². The summed E-state index contributed by atoms with van der Waals surface area (Å²) < 4.78 is 29.2. The van der Waals surface area contributed by atoms with Crippen LogP contribution in [0.1, 0.15) is 0 Å². The van der Waals surface area contributed by atoms with Crippen molar-refractivity contribution in [3.05, 3.63) is 66.7 Å². The van der Waals surface area contributed by atoms with E-state index >= 15 is 0 Å². The molecule has 0 aliphatic carbocycles. The summed E-state index contributed by atoms with van der Waals surface area (Å²) in [6.45, 7) is 0. The molecule has 0 spiro atoms. The van der Waals surface area contributed by atoms with E-state index in [9.17, 15) is 8.42 Å². The van der Waals surface area contributed by atoms with E-state index < -0.39 is 10.1 Å². The maximum absolute atomic E-state index is 10.4. The Labute approximate surface area is 95.1 Å². The third-order valence-electron chi connectivity index (χ3n) is 1.71. The summed E-state index contributed by atoms with van der Waals surface area (Å²) in [4.78, 5) is -0.0741. The third kappa shape index (κ3) is 4.72. The lowest BCUT2D eigenvalue weighted by atomic mass is 10.4. The quantitative estimate of drug-likeness (QED) is 0.774. The molecule has 0 radical (unpaired) electrons. The molecule has 2 aromatic rings. The van der Waals surface area contributed by atoms with Crippen LogP contribution in [0.2, 0.25) is 0 Å². The first-order chi connectivity index (χ1) is 7.61. The predicted octanol–water partition coefficient (Wildman–Crippen LogP) is 2.62. The molecule has 1 N–H and O–H groups in total. The molecule has 0 aliphatic rings. The Morgan fingerprint density at radius 1 is 0.688 bits per heavy atom. The molecule has 0 saturated carbocycles. The number of hydrogen-bond donors (Lipinski definition) is 1. The smallest absolute Gasteiger partial charge is 0.282 e. The summed E-state index contributed by atoms with van der Waals surface area (Å²) in [6.07, 6.45) is 0. The predicted molar refractivity (Wildman–Crippen MR) is 62.7 cm³/mol. The summed E-state index contributed by atoms with van der Waals surface area (Å²) >= 11 is 0. The van der Waals surface area contributed by atoms with E-state index in [0.29, 0.717) is 0 Å². The van der Waals surface area contributed by atoms with Crippen molar-refractivity contribution in [1.29, 1.82) is 0 Å². The fourth-order valence-corrected chi connectivity index (χ4v) is 1.48. The van der Waals surface area contributed by atoms with Gasteiger partial charge in [0, 0.05) is 0 Å². The molecule has 0 atom stereocenters. The molecule has 0 unspecified atom stereocenters. The highest BCUT2D eigenvalue weighted by molar-refractivity contribution is 7.85. The summed E-state index contributed by atoms with van der Waals surface area (Å²) in [6, 6.07) is 19.4. The highest BCUT2D eigenvalue weighted by atomic mass is 32.2. The van der Waals surface area contributed by atoms with Gasteiger partial charge < -0.3 is 0 Å². The average molecular weight is 236 g/mol. The molecule has 84 valence electrons. The summed E-state index contributed by atoms with van der Waals surface area (Å²) in [5.41, 5.74) is 0. The van der Waals surface area contributed by atoms with E-state index in [-0.39, 0.29) is 4.90 Å². The van der Waals surface area contributed by atoms with Gasteiger partial charge in [-0.2, -0.15) is 8.42 Å². The Morgan fingerprint density at radius 2 is 1.00 bits per heavy atom. The Bertz CT molecular complexity index is 466. The van der Waals surface area contributed by atoms with Gasteiger partial charge in [0.2, 0.25) is 0 Å². The SMILES string of the molecule is O=S(=O)(O)c1ccccc1.c1ccccc1. The molecule has 0 amide bonds. The number of hydrogen-bond acceptors (Lipinski definition) is 2. The second-order valence-electron chi connectivity index (χ2n) is 2.94. The van der Waals surface area contributed by atoms with Crippen LogP contribution in [0.5, 0.6) is 0 Å². The molecule has 2 rings (SSSR count). The van der Waals surface area contributed by atoms with Crippen LogP contribution in [0.3, 0.4) is 0 Å². The summed E-state index contributed by atoms with van der Waals surface area (Å²) in [5.74, 6) is 0. The van der Waals surface area contributed by atoms with Crippen molar-refractivity contribution >= 4 is 10.1 Å². The van der Waals surface area contributed by atoms with Crippen molar-refractivity contribution in [2.45, 2.75) is 4.90 Å². The first-order valence-electron chi connectivity index (χ1n) is 4.63. The van der Waals surface area contributed by atoms with Gasteiger partial charge in [-0.1, -0.05) is 54.6 Å². The van der Waals surface area contributed by atoms with Gasteiger partial charge in [-0.15, -0.1) is 0 Å². The molecule has 0 aliphatic heterocycles. The molecule has 0 heterocycles. The zero-order valence-electron chi connectivity index (χ0n) is 8.52. The van der Waals surface area contributed by atoms with Crippen molar-refractivity contribution in [3.63, 3.8) is 0 Å². The monoisotopic (exact) mass is 236 g/mol. The first-order valence-corrected chi connectivity index (χ1v) is 6.07. The minimum atomic E-state index is -4.00. The van der Waals surface area contributed by atoms with Gasteiger partial charge in [0.1, 0.15) is 0 Å². The van der Waals surface area contributed by atoms with Crippen LogP contribution in [0.15, 0.2) is 71.6 Å². The van der Waals surface area contributed by atoms with E-state index in [4.69, 9.17) is 4.55 Å². The lowest BCUT2D eigenvalue weighted by Crippen LogP contribution is -1.96. The molecular formula is C12H12O3S. The minimum absolute atomic E-state index is 0.0741. The maximum Gasteiger partial charge on any atom is 0.294 e. The fourth-order valence-electron chi connectivity index (χ4n) is 0.977. The van der Waals surface area contributed by atoms with Crippen LogP contribution < -0.4 is 0 Å². The Hall–Kier alpha value is -1.65. The summed E-state index contributed by atoms with van der Waals surface area (Å²) in [5, 5.41) is 0. The molecule has 2 aromatic carbocycles. The number of benzene rings is 2. The molecule has 4 heteroatoms. The first kappa shape index (κ1) is 12.4. The van der Waals surface area contributed by atoms with Crippen molar-refractivity contribution in [2.75, 3.05) is 0 Å². The van der Waals surface area contributed by atoms with Crippen LogP contribution in [0.25, 0.3) is 0 Å². The van der Waals surface area contributed by atoms with Crippen LogP contribution in [0, 0.1) is 0 Å². The highest BCUT2D eigenvalue weighted by Crippen LogP contribution is 2.05. The third-order valence-corrected chi connectivity index (χ3v) is 2.58. The van der Waals surface area contributed by atoms with E-state index in [0.717, 1.165) is 0 Å². The second-order valence-corrected chi connectivity index (χ2v) is 4.36. The van der Waals surface area contributed by atoms with Gasteiger partial charge in [0.25, 0.3) is 10.1 Å². The largest absolute Gasteiger partial charge is 0.294 e. The van der Waals surface area contributed by atoms with Gasteiger partial charge in [0.05, 0.1) is 4.90 Å². The zero-order valence-corrected chi connectivity index (χ0v) is 9.34. The van der Waals surface area contributed by atoms with Crippen LogP contribution in [-0.4, -0.2) is 13.0 Å². The van der Waals surface area contributed by atoms with Crippen molar-refractivity contribution in [1.82, 2.24) is 0 Å². The molecule has 3 nitrogen and oxygen atoms in total. The molecular weight excluding hydrogens is 224 g/mol. The van der Waals surface area contributed by atoms with Gasteiger partial charge in [-0.3, -0.25) is 4.55 Å². The molecule has 0 aromatic heterocycles. The van der Waals surface area contributed by atoms with E-state index in [1.807, 2.05) is 36.4 Å². The van der Waals surface area contributed by atoms with E-state index in [1.54, 1.807) is 18.2 Å². The lowest BCUT2D eigenvalue weighted by Gasteiger charge is -1.92. The number of rotatable bonds is 1. The van der Waals surface area contributed by atoms with Gasteiger partial charge in [-0.25, -0.2) is 0 Å². The molecule has 0 bridgehead atoms. The standard InChI is InChI=1S/C6H6O3S.C6H6/c7-10(8,9)6-4-2-1-3-5-6;1-2-4-6-5-3-1/h1-5H,(H,7,8,9);1-6H. The van der Waals surface area contributed by atoms with Crippen molar-refractivity contribution < 1.29 is 13.0 Å². The molecule has 16 heavy (non-hydrogen) atoms. The highest BCUT2D eigenvalue weighted by Gasteiger charge is 2.05. The Morgan fingerprint density at radius 3 is 1.25 bits per heavy atom. The average Bonchev–Trinajstić information content (AvgIpc) is 2.32. The lowest BCUT2D eigenvalue weighted by molar-refractivity contribution is 0.483. The van der Waals surface area contributed by atoms with Gasteiger partial charge in [0.15, 0.2) is 0 Å². The Kier molecular flexibility index (Phi) is 4.69. The van der Waals surface area contributed by atoms with Crippen molar-refractivity contribution in [2.24, 2.45) is 0 Å². The zero-order chi connectivity index (χ0) is 11.9. The fraction of sp³-hybridized carbons (Fsp3) is 0. The van der Waals surface area contributed by atoms with E-state index in [1.165, 1.54) is 12.1 Å². The molecule has 0 saturated heterocycles. The Balaban J connectivity index is 0.000000181. The van der Waals surface area contributed by atoms with Crippen LogP contribution in [-0.2, 0) is 10.1 Å². The van der Waals surface area contributed by atoms with Crippen LogP contribution >= 0.6 is 0 Å². The van der Waals surface area contributed by atoms with Crippen molar-refractivity contribution in [3.8, 4) is 0 Å². The minimum Gasteiger partial charge on any atom is -0.282 e. The normalized spacial score (nSPS) is 10.1. The summed E-state index contributed by atoms with van der Waals surface area (Å²) in [7, 11) is -4.00. The van der Waals surface area contributed by atoms with Gasteiger partial charge in [-0.05, 0) is 12.1 Å². The maximum atomic E-state index is 10.4. The molecule has 0 fully saturated rings. The van der Waals surface area contributed by atoms with E-state index in [2.05, 4.69) is 0 Å². The topological polar surface area (TPSA) is 54.4 Å². The second kappa shape index (κ2) is 6.05. The van der Waals surface area contributed by atoms with Crippen LogP contribution in [0.4, 0.5) is 0 Å².